The molecule has 0 aliphatic heterocycles. The number of hydrogen-bond acceptors (Lipinski definition) is 3. The molecule has 26 heavy (non-hydrogen) atoms. The lowest BCUT2D eigenvalue weighted by molar-refractivity contribution is 0.302. The summed E-state index contributed by atoms with van der Waals surface area (Å²) in [5, 5.41) is 13.7. The first kappa shape index (κ1) is 18.3. The normalized spacial score (nSPS) is 12.5. The molecule has 1 aromatic carbocycles. The standard InChI is InChI=1S/C22H29N3O/c1-15-9-8-12-25-19(15)23-18(16-10-7-11-17(26)13-16)20(25)24-22(5,6)14-21(2,3)4/h7-13,24,26H,14H2,1-6H3. The number of anilines is 1. The van der Waals surface area contributed by atoms with E-state index in [9.17, 15) is 5.11 Å². The molecule has 0 saturated heterocycles. The van der Waals surface area contributed by atoms with Crippen molar-refractivity contribution in [2.24, 2.45) is 5.41 Å². The van der Waals surface area contributed by atoms with Crippen LogP contribution < -0.4 is 5.32 Å². The van der Waals surface area contributed by atoms with Crippen LogP contribution in [0.5, 0.6) is 5.75 Å². The third-order valence-corrected chi connectivity index (χ3v) is 4.39. The molecular weight excluding hydrogens is 322 g/mol. The van der Waals surface area contributed by atoms with Crippen LogP contribution in [0.1, 0.15) is 46.6 Å². The van der Waals surface area contributed by atoms with Gasteiger partial charge in [0.2, 0.25) is 0 Å². The minimum absolute atomic E-state index is 0.108. The second-order valence-electron chi connectivity index (χ2n) is 8.99. The Bertz CT molecular complexity index is 932. The van der Waals surface area contributed by atoms with Crippen LogP contribution in [-0.2, 0) is 0 Å². The zero-order valence-electron chi connectivity index (χ0n) is 16.6. The molecule has 0 spiro atoms. The molecule has 138 valence electrons. The smallest absolute Gasteiger partial charge is 0.142 e. The van der Waals surface area contributed by atoms with Gasteiger partial charge in [-0.2, -0.15) is 0 Å². The molecule has 3 rings (SSSR count). The van der Waals surface area contributed by atoms with E-state index in [0.29, 0.717) is 0 Å². The summed E-state index contributed by atoms with van der Waals surface area (Å²) in [7, 11) is 0. The Kier molecular flexibility index (Phi) is 4.47. The number of pyridine rings is 1. The van der Waals surface area contributed by atoms with E-state index in [0.717, 1.165) is 34.7 Å². The third-order valence-electron chi connectivity index (χ3n) is 4.39. The maximum Gasteiger partial charge on any atom is 0.142 e. The number of rotatable bonds is 4. The van der Waals surface area contributed by atoms with Crippen molar-refractivity contribution >= 4 is 11.5 Å². The van der Waals surface area contributed by atoms with E-state index in [1.165, 1.54) is 0 Å². The molecule has 0 aliphatic rings. The number of imidazole rings is 1. The Morgan fingerprint density at radius 1 is 1.08 bits per heavy atom. The number of nitrogens with one attached hydrogen (secondary N) is 1. The Hall–Kier alpha value is -2.49. The summed E-state index contributed by atoms with van der Waals surface area (Å²) < 4.78 is 2.11. The average Bonchev–Trinajstić information content (AvgIpc) is 2.84. The molecule has 4 heteroatoms. The van der Waals surface area contributed by atoms with Crippen molar-refractivity contribution in [3.63, 3.8) is 0 Å². The molecular formula is C22H29N3O. The fraction of sp³-hybridized carbons (Fsp3) is 0.409. The van der Waals surface area contributed by atoms with Gasteiger partial charge in [-0.1, -0.05) is 39.0 Å². The van der Waals surface area contributed by atoms with E-state index in [1.807, 2.05) is 24.4 Å². The molecule has 2 aromatic heterocycles. The average molecular weight is 351 g/mol. The molecule has 0 bridgehead atoms. The van der Waals surface area contributed by atoms with Gasteiger partial charge < -0.3 is 10.4 Å². The van der Waals surface area contributed by atoms with E-state index in [-0.39, 0.29) is 16.7 Å². The maximum absolute atomic E-state index is 9.93. The zero-order chi connectivity index (χ0) is 19.1. The van der Waals surface area contributed by atoms with Crippen LogP contribution >= 0.6 is 0 Å². The maximum atomic E-state index is 9.93. The molecule has 0 aliphatic carbocycles. The van der Waals surface area contributed by atoms with Gasteiger partial charge in [-0.15, -0.1) is 0 Å². The van der Waals surface area contributed by atoms with Crippen molar-refractivity contribution in [3.8, 4) is 17.0 Å². The van der Waals surface area contributed by atoms with Crippen molar-refractivity contribution in [2.45, 2.75) is 53.5 Å². The summed E-state index contributed by atoms with van der Waals surface area (Å²) in [4.78, 5) is 4.89. The summed E-state index contributed by atoms with van der Waals surface area (Å²) >= 11 is 0. The van der Waals surface area contributed by atoms with Crippen molar-refractivity contribution < 1.29 is 5.11 Å². The molecule has 0 amide bonds. The highest BCUT2D eigenvalue weighted by molar-refractivity contribution is 5.78. The summed E-state index contributed by atoms with van der Waals surface area (Å²) in [5.41, 5.74) is 3.91. The first-order valence-corrected chi connectivity index (χ1v) is 9.11. The highest BCUT2D eigenvalue weighted by Crippen LogP contribution is 2.36. The molecule has 2 N–H and O–H groups in total. The van der Waals surface area contributed by atoms with E-state index >= 15 is 0 Å². The summed E-state index contributed by atoms with van der Waals surface area (Å²) in [5.74, 6) is 1.21. The minimum Gasteiger partial charge on any atom is -0.508 e. The highest BCUT2D eigenvalue weighted by atomic mass is 16.3. The third kappa shape index (κ3) is 3.85. The van der Waals surface area contributed by atoms with Gasteiger partial charge in [0.15, 0.2) is 0 Å². The van der Waals surface area contributed by atoms with E-state index < -0.39 is 0 Å². The Labute approximate surface area is 155 Å². The number of aryl methyl sites for hydroxylation is 1. The van der Waals surface area contributed by atoms with Gasteiger partial charge in [0.25, 0.3) is 0 Å². The molecule has 3 aromatic rings. The van der Waals surface area contributed by atoms with Crippen LogP contribution in [0.15, 0.2) is 42.6 Å². The molecule has 0 unspecified atom stereocenters. The number of aromatic hydroxyl groups is 1. The lowest BCUT2D eigenvalue weighted by atomic mass is 9.82. The summed E-state index contributed by atoms with van der Waals surface area (Å²) in [6, 6.07) is 11.4. The summed E-state index contributed by atoms with van der Waals surface area (Å²) in [6.07, 6.45) is 3.05. The van der Waals surface area contributed by atoms with Gasteiger partial charge in [-0.25, -0.2) is 4.98 Å². The number of benzene rings is 1. The fourth-order valence-electron chi connectivity index (χ4n) is 3.87. The first-order valence-electron chi connectivity index (χ1n) is 9.11. The number of fused-ring (bicyclic) bond motifs is 1. The number of nitrogens with zero attached hydrogens (tertiary/aromatic N) is 2. The molecule has 2 heterocycles. The minimum atomic E-state index is -0.108. The SMILES string of the molecule is Cc1cccn2c(NC(C)(C)CC(C)(C)C)c(-c3cccc(O)c3)nc12. The van der Waals surface area contributed by atoms with Crippen LogP contribution in [0.2, 0.25) is 0 Å². The topological polar surface area (TPSA) is 49.6 Å². The van der Waals surface area contributed by atoms with Crippen molar-refractivity contribution in [2.75, 3.05) is 5.32 Å². The largest absolute Gasteiger partial charge is 0.508 e. The predicted octanol–water partition coefficient (Wildman–Crippen LogP) is 5.64. The van der Waals surface area contributed by atoms with Gasteiger partial charge in [-0.3, -0.25) is 4.40 Å². The highest BCUT2D eigenvalue weighted by Gasteiger charge is 2.28. The van der Waals surface area contributed by atoms with Gasteiger partial charge in [0.1, 0.15) is 22.9 Å². The van der Waals surface area contributed by atoms with Crippen molar-refractivity contribution in [1.29, 1.82) is 0 Å². The van der Waals surface area contributed by atoms with Crippen LogP contribution in [0.3, 0.4) is 0 Å². The van der Waals surface area contributed by atoms with Gasteiger partial charge in [-0.05, 0) is 56.4 Å². The van der Waals surface area contributed by atoms with Gasteiger partial charge >= 0.3 is 0 Å². The lowest BCUT2D eigenvalue weighted by Crippen LogP contribution is -2.36. The van der Waals surface area contributed by atoms with Crippen LogP contribution in [0, 0.1) is 12.3 Å². The van der Waals surface area contributed by atoms with Crippen molar-refractivity contribution in [3.05, 3.63) is 48.2 Å². The lowest BCUT2D eigenvalue weighted by Gasteiger charge is -2.34. The second kappa shape index (κ2) is 6.35. The van der Waals surface area contributed by atoms with Crippen LogP contribution in [0.4, 0.5) is 5.82 Å². The number of phenols is 1. The van der Waals surface area contributed by atoms with Crippen LogP contribution in [0.25, 0.3) is 16.9 Å². The Morgan fingerprint density at radius 3 is 2.46 bits per heavy atom. The molecule has 0 fully saturated rings. The van der Waals surface area contributed by atoms with E-state index in [4.69, 9.17) is 4.98 Å². The van der Waals surface area contributed by atoms with E-state index in [2.05, 4.69) is 57.3 Å². The number of aromatic nitrogens is 2. The Morgan fingerprint density at radius 2 is 1.81 bits per heavy atom. The first-order chi connectivity index (χ1) is 12.1. The predicted molar refractivity (Wildman–Crippen MR) is 109 cm³/mol. The second-order valence-corrected chi connectivity index (χ2v) is 8.99. The molecule has 0 saturated carbocycles. The fourth-order valence-corrected chi connectivity index (χ4v) is 3.87. The number of phenolic OH excluding ortho intramolecular Hbond substituents is 1. The van der Waals surface area contributed by atoms with E-state index in [1.54, 1.807) is 12.1 Å². The summed E-state index contributed by atoms with van der Waals surface area (Å²) in [6.45, 7) is 13.3. The molecule has 0 radical (unpaired) electrons. The van der Waals surface area contributed by atoms with Crippen LogP contribution in [-0.4, -0.2) is 20.0 Å². The van der Waals surface area contributed by atoms with Gasteiger partial charge in [0.05, 0.1) is 0 Å². The quantitative estimate of drug-likeness (QED) is 0.639. The molecule has 0 atom stereocenters. The number of hydrogen-bond donors (Lipinski definition) is 2. The zero-order valence-corrected chi connectivity index (χ0v) is 16.6. The molecule has 4 nitrogen and oxygen atoms in total. The monoisotopic (exact) mass is 351 g/mol. The van der Waals surface area contributed by atoms with Crippen molar-refractivity contribution in [1.82, 2.24) is 9.38 Å². The van der Waals surface area contributed by atoms with Gasteiger partial charge in [0, 0.05) is 17.3 Å². The Balaban J connectivity index is 2.16.